The summed E-state index contributed by atoms with van der Waals surface area (Å²) in [5.74, 6) is 0.0969. The highest BCUT2D eigenvalue weighted by atomic mass is 16.5. The van der Waals surface area contributed by atoms with E-state index in [-0.39, 0.29) is 6.61 Å². The maximum Gasteiger partial charge on any atom is 0.255 e. The van der Waals surface area contributed by atoms with Crippen molar-refractivity contribution < 1.29 is 9.53 Å². The van der Waals surface area contributed by atoms with Gasteiger partial charge in [-0.25, -0.2) is 0 Å². The quantitative estimate of drug-likeness (QED) is 0.622. The SMILES string of the molecule is NC(=O)COc1ccc(/C=N\Nc2ccccc2)cc1. The standard InChI is InChI=1S/C15H15N3O2/c16-15(19)11-20-14-8-6-12(7-9-14)10-17-18-13-4-2-1-3-5-13/h1-10,18H,11H2,(H2,16,19)/b17-10-. The molecule has 0 aliphatic heterocycles. The summed E-state index contributed by atoms with van der Waals surface area (Å²) in [5.41, 5.74) is 9.76. The monoisotopic (exact) mass is 269 g/mol. The van der Waals surface area contributed by atoms with Crippen LogP contribution in [0, 0.1) is 0 Å². The van der Waals surface area contributed by atoms with Crippen molar-refractivity contribution in [1.82, 2.24) is 0 Å². The van der Waals surface area contributed by atoms with Crippen LogP contribution in [0.3, 0.4) is 0 Å². The Labute approximate surface area is 117 Å². The summed E-state index contributed by atoms with van der Waals surface area (Å²) in [6.45, 7) is -0.122. The molecule has 0 saturated heterocycles. The Bertz CT molecular complexity index is 580. The molecule has 5 heteroatoms. The molecule has 5 nitrogen and oxygen atoms in total. The van der Waals surface area contributed by atoms with Crippen molar-refractivity contribution in [2.24, 2.45) is 10.8 Å². The summed E-state index contributed by atoms with van der Waals surface area (Å²) < 4.78 is 5.16. The molecule has 0 spiro atoms. The maximum atomic E-state index is 10.6. The molecule has 1 amide bonds. The first kappa shape index (κ1) is 13.6. The average Bonchev–Trinajstić information content (AvgIpc) is 2.47. The van der Waals surface area contributed by atoms with Crippen LogP contribution in [0.1, 0.15) is 5.56 Å². The second kappa shape index (κ2) is 6.94. The summed E-state index contributed by atoms with van der Waals surface area (Å²) >= 11 is 0. The van der Waals surface area contributed by atoms with Crippen molar-refractivity contribution in [1.29, 1.82) is 0 Å². The highest BCUT2D eigenvalue weighted by Gasteiger charge is 1.97. The molecule has 0 aromatic heterocycles. The Kier molecular flexibility index (Phi) is 4.72. The zero-order valence-corrected chi connectivity index (χ0v) is 10.8. The predicted molar refractivity (Wildman–Crippen MR) is 78.8 cm³/mol. The lowest BCUT2D eigenvalue weighted by molar-refractivity contribution is -0.119. The van der Waals surface area contributed by atoms with Gasteiger partial charge in [0, 0.05) is 0 Å². The Morgan fingerprint density at radius 2 is 1.85 bits per heavy atom. The third-order valence-corrected chi connectivity index (χ3v) is 2.44. The Balaban J connectivity index is 1.88. The molecule has 0 aliphatic carbocycles. The molecule has 0 heterocycles. The number of nitrogens with two attached hydrogens (primary N) is 1. The molecule has 0 bridgehead atoms. The van der Waals surface area contributed by atoms with E-state index in [9.17, 15) is 4.79 Å². The van der Waals surface area contributed by atoms with Gasteiger partial charge in [-0.15, -0.1) is 0 Å². The number of amides is 1. The summed E-state index contributed by atoms with van der Waals surface area (Å²) in [6, 6.07) is 16.9. The van der Waals surface area contributed by atoms with E-state index in [4.69, 9.17) is 10.5 Å². The number of hydrazone groups is 1. The Morgan fingerprint density at radius 3 is 2.50 bits per heavy atom. The molecule has 2 aromatic rings. The highest BCUT2D eigenvalue weighted by molar-refractivity contribution is 5.80. The zero-order chi connectivity index (χ0) is 14.2. The van der Waals surface area contributed by atoms with Gasteiger partial charge < -0.3 is 10.5 Å². The third-order valence-electron chi connectivity index (χ3n) is 2.44. The number of hydrogen-bond donors (Lipinski definition) is 2. The first-order chi connectivity index (χ1) is 9.74. The first-order valence-corrected chi connectivity index (χ1v) is 6.09. The lowest BCUT2D eigenvalue weighted by Crippen LogP contribution is -2.19. The molecule has 0 aliphatic rings. The molecule has 0 radical (unpaired) electrons. The van der Waals surface area contributed by atoms with Gasteiger partial charge in [0.2, 0.25) is 0 Å². The minimum atomic E-state index is -0.497. The maximum absolute atomic E-state index is 10.6. The van der Waals surface area contributed by atoms with Gasteiger partial charge in [-0.3, -0.25) is 10.2 Å². The van der Waals surface area contributed by atoms with Gasteiger partial charge in [-0.2, -0.15) is 5.10 Å². The first-order valence-electron chi connectivity index (χ1n) is 6.09. The Morgan fingerprint density at radius 1 is 1.15 bits per heavy atom. The van der Waals surface area contributed by atoms with Gasteiger partial charge in [0.1, 0.15) is 5.75 Å². The number of rotatable bonds is 6. The van der Waals surface area contributed by atoms with Crippen molar-refractivity contribution in [2.45, 2.75) is 0 Å². The summed E-state index contributed by atoms with van der Waals surface area (Å²) in [4.78, 5) is 10.6. The van der Waals surface area contributed by atoms with Crippen molar-refractivity contribution in [3.05, 3.63) is 60.2 Å². The van der Waals surface area contributed by atoms with Gasteiger partial charge in [-0.1, -0.05) is 18.2 Å². The van der Waals surface area contributed by atoms with Gasteiger partial charge in [-0.05, 0) is 42.0 Å². The van der Waals surface area contributed by atoms with Gasteiger partial charge in [0.25, 0.3) is 5.91 Å². The second-order valence-electron chi connectivity index (χ2n) is 4.06. The lowest BCUT2D eigenvalue weighted by atomic mass is 10.2. The highest BCUT2D eigenvalue weighted by Crippen LogP contribution is 2.11. The molecule has 0 atom stereocenters. The van der Waals surface area contributed by atoms with E-state index < -0.39 is 5.91 Å². The number of para-hydroxylation sites is 1. The molecule has 0 saturated carbocycles. The van der Waals surface area contributed by atoms with E-state index >= 15 is 0 Å². The number of nitrogens with one attached hydrogen (secondary N) is 1. The third kappa shape index (κ3) is 4.45. The predicted octanol–water partition coefficient (Wildman–Crippen LogP) is 2.00. The Hall–Kier alpha value is -2.82. The number of carbonyl (C=O) groups is 1. The fraction of sp³-hybridized carbons (Fsp3) is 0.0667. The van der Waals surface area contributed by atoms with Crippen LogP contribution in [0.5, 0.6) is 5.75 Å². The average molecular weight is 269 g/mol. The molecule has 2 aromatic carbocycles. The van der Waals surface area contributed by atoms with E-state index in [1.54, 1.807) is 18.3 Å². The fourth-order valence-electron chi connectivity index (χ4n) is 1.50. The van der Waals surface area contributed by atoms with E-state index in [0.29, 0.717) is 5.75 Å². The molecule has 0 fully saturated rings. The summed E-state index contributed by atoms with van der Waals surface area (Å²) in [6.07, 6.45) is 1.70. The molecule has 20 heavy (non-hydrogen) atoms. The minimum Gasteiger partial charge on any atom is -0.484 e. The normalized spacial score (nSPS) is 10.4. The molecule has 3 N–H and O–H groups in total. The second-order valence-corrected chi connectivity index (χ2v) is 4.06. The molecule has 102 valence electrons. The molecular weight excluding hydrogens is 254 g/mol. The molecule has 2 rings (SSSR count). The number of benzene rings is 2. The van der Waals surface area contributed by atoms with Crippen molar-refractivity contribution in [3.8, 4) is 5.75 Å². The van der Waals surface area contributed by atoms with Gasteiger partial charge in [0.05, 0.1) is 11.9 Å². The van der Waals surface area contributed by atoms with Crippen LogP contribution < -0.4 is 15.9 Å². The summed E-state index contributed by atoms with van der Waals surface area (Å²) in [7, 11) is 0. The van der Waals surface area contributed by atoms with Crippen LogP contribution in [0.4, 0.5) is 5.69 Å². The van der Waals surface area contributed by atoms with Crippen molar-refractivity contribution in [2.75, 3.05) is 12.0 Å². The van der Waals surface area contributed by atoms with Crippen LogP contribution in [-0.2, 0) is 4.79 Å². The summed E-state index contributed by atoms with van der Waals surface area (Å²) in [5, 5.41) is 4.13. The lowest BCUT2D eigenvalue weighted by Gasteiger charge is -2.03. The zero-order valence-electron chi connectivity index (χ0n) is 10.8. The van der Waals surface area contributed by atoms with Crippen LogP contribution in [0.2, 0.25) is 0 Å². The number of nitrogens with zero attached hydrogens (tertiary/aromatic N) is 1. The molecule has 0 unspecified atom stereocenters. The fourth-order valence-corrected chi connectivity index (χ4v) is 1.50. The van der Waals surface area contributed by atoms with E-state index in [1.807, 2.05) is 42.5 Å². The van der Waals surface area contributed by atoms with E-state index in [2.05, 4.69) is 10.5 Å². The number of carbonyl (C=O) groups excluding carboxylic acids is 1. The molecular formula is C15H15N3O2. The van der Waals surface area contributed by atoms with Crippen LogP contribution in [0.25, 0.3) is 0 Å². The van der Waals surface area contributed by atoms with Crippen LogP contribution in [-0.4, -0.2) is 18.7 Å². The van der Waals surface area contributed by atoms with Crippen LogP contribution in [0.15, 0.2) is 59.7 Å². The van der Waals surface area contributed by atoms with E-state index in [0.717, 1.165) is 11.3 Å². The van der Waals surface area contributed by atoms with Gasteiger partial charge >= 0.3 is 0 Å². The topological polar surface area (TPSA) is 76.7 Å². The number of anilines is 1. The van der Waals surface area contributed by atoms with Crippen molar-refractivity contribution >= 4 is 17.8 Å². The number of ether oxygens (including phenoxy) is 1. The van der Waals surface area contributed by atoms with Crippen LogP contribution >= 0.6 is 0 Å². The van der Waals surface area contributed by atoms with Crippen molar-refractivity contribution in [3.63, 3.8) is 0 Å². The smallest absolute Gasteiger partial charge is 0.255 e. The van der Waals surface area contributed by atoms with E-state index in [1.165, 1.54) is 0 Å². The number of hydrogen-bond acceptors (Lipinski definition) is 4. The van der Waals surface area contributed by atoms with Gasteiger partial charge in [0.15, 0.2) is 6.61 Å². The number of primary amides is 1. The largest absolute Gasteiger partial charge is 0.484 e. The minimum absolute atomic E-state index is 0.122.